The minimum atomic E-state index is -0.646. The van der Waals surface area contributed by atoms with E-state index in [0.29, 0.717) is 45.1 Å². The Morgan fingerprint density at radius 3 is 2.76 bits per heavy atom. The van der Waals surface area contributed by atoms with E-state index in [0.717, 1.165) is 0 Å². The Labute approximate surface area is 209 Å². The van der Waals surface area contributed by atoms with Crippen molar-refractivity contribution in [3.05, 3.63) is 43.8 Å². The van der Waals surface area contributed by atoms with Crippen LogP contribution >= 0.6 is 38.9 Å². The molecule has 178 valence electrons. The molecule has 8 nitrogen and oxygen atoms in total. The number of alkyl carbamates (subject to hydrolysis) is 1. The number of thiophene rings is 1. The molecule has 0 bridgehead atoms. The molecule has 3 aromatic heterocycles. The second-order valence-corrected chi connectivity index (χ2v) is 10.6. The summed E-state index contributed by atoms with van der Waals surface area (Å²) in [5.41, 5.74) is 1.19. The second-order valence-electron chi connectivity index (χ2n) is 8.43. The SMILES string of the molecule is CC(=O)NC[C@@H](Cc1oc2c(NCc3cccs3)cc(Cl)nc2c1Br)NC(=O)OC(C)(C)C. The first-order valence-corrected chi connectivity index (χ1v) is 12.3. The number of halogens is 2. The van der Waals surface area contributed by atoms with E-state index >= 15 is 0 Å². The van der Waals surface area contributed by atoms with Gasteiger partial charge in [-0.05, 0) is 48.1 Å². The van der Waals surface area contributed by atoms with Gasteiger partial charge in [0.1, 0.15) is 22.0 Å². The van der Waals surface area contributed by atoms with Gasteiger partial charge in [0.25, 0.3) is 0 Å². The van der Waals surface area contributed by atoms with E-state index in [1.807, 2.05) is 17.5 Å². The van der Waals surface area contributed by atoms with Gasteiger partial charge in [-0.3, -0.25) is 4.79 Å². The third-order valence-electron chi connectivity index (χ3n) is 4.40. The molecule has 11 heteroatoms. The molecule has 0 aromatic carbocycles. The zero-order valence-corrected chi connectivity index (χ0v) is 21.9. The van der Waals surface area contributed by atoms with Crippen molar-refractivity contribution >= 4 is 67.7 Å². The Hall–Kier alpha value is -2.30. The Bertz CT molecular complexity index is 1130. The van der Waals surface area contributed by atoms with Gasteiger partial charge in [0.05, 0.1) is 16.2 Å². The van der Waals surface area contributed by atoms with Gasteiger partial charge in [0.15, 0.2) is 5.58 Å². The molecule has 3 heterocycles. The molecular weight excluding hydrogens is 532 g/mol. The van der Waals surface area contributed by atoms with Gasteiger partial charge in [0, 0.05) is 37.4 Å². The number of amides is 2. The summed E-state index contributed by atoms with van der Waals surface area (Å²) < 4.78 is 12.1. The van der Waals surface area contributed by atoms with E-state index in [1.165, 1.54) is 11.8 Å². The fraction of sp³-hybridized carbons (Fsp3) is 0.409. The van der Waals surface area contributed by atoms with Crippen molar-refractivity contribution in [2.24, 2.45) is 0 Å². The zero-order chi connectivity index (χ0) is 24.2. The number of hydrogen-bond donors (Lipinski definition) is 3. The van der Waals surface area contributed by atoms with Crippen LogP contribution in [0.5, 0.6) is 0 Å². The number of fused-ring (bicyclic) bond motifs is 1. The maximum atomic E-state index is 12.3. The Balaban J connectivity index is 1.84. The van der Waals surface area contributed by atoms with Gasteiger partial charge in [-0.15, -0.1) is 11.3 Å². The van der Waals surface area contributed by atoms with Crippen molar-refractivity contribution < 1.29 is 18.7 Å². The lowest BCUT2D eigenvalue weighted by Crippen LogP contribution is -2.46. The van der Waals surface area contributed by atoms with E-state index < -0.39 is 17.7 Å². The molecule has 0 radical (unpaired) electrons. The van der Waals surface area contributed by atoms with Crippen molar-refractivity contribution in [3.8, 4) is 0 Å². The maximum Gasteiger partial charge on any atom is 0.407 e. The predicted octanol–water partition coefficient (Wildman–Crippen LogP) is 5.49. The number of carbonyl (C=O) groups excluding carboxylic acids is 2. The molecule has 0 fully saturated rings. The van der Waals surface area contributed by atoms with Crippen LogP contribution in [0.15, 0.2) is 32.5 Å². The normalized spacial score (nSPS) is 12.4. The van der Waals surface area contributed by atoms with Crippen LogP contribution < -0.4 is 16.0 Å². The van der Waals surface area contributed by atoms with Crippen LogP contribution in [-0.4, -0.2) is 35.2 Å². The largest absolute Gasteiger partial charge is 0.456 e. The second kappa shape index (κ2) is 10.8. The Morgan fingerprint density at radius 2 is 2.12 bits per heavy atom. The van der Waals surface area contributed by atoms with Crippen LogP contribution in [0.1, 0.15) is 38.3 Å². The summed E-state index contributed by atoms with van der Waals surface area (Å²) >= 11 is 11.5. The third kappa shape index (κ3) is 7.35. The molecule has 0 aliphatic carbocycles. The van der Waals surface area contributed by atoms with Crippen LogP contribution in [0.4, 0.5) is 10.5 Å². The smallest absolute Gasteiger partial charge is 0.407 e. The van der Waals surface area contributed by atoms with Gasteiger partial charge < -0.3 is 25.1 Å². The Morgan fingerprint density at radius 1 is 1.36 bits per heavy atom. The van der Waals surface area contributed by atoms with Crippen LogP contribution in [0.2, 0.25) is 5.15 Å². The number of furan rings is 1. The standard InChI is InChI=1S/C22H26BrClN4O4S/c1-12(29)25-10-13(27-21(30)32-22(2,3)4)8-16-18(23)19-20(31-16)15(9-17(24)28-19)26-11-14-6-5-7-33-14/h5-7,9,13H,8,10-11H2,1-4H3,(H,25,29)(H,26,28)(H,27,30)/t13-/m1/s1. The Kier molecular flexibility index (Phi) is 8.25. The molecule has 3 rings (SSSR count). The molecule has 33 heavy (non-hydrogen) atoms. The number of ether oxygens (including phenoxy) is 1. The zero-order valence-electron chi connectivity index (χ0n) is 18.8. The molecule has 1 atom stereocenters. The minimum absolute atomic E-state index is 0.204. The summed E-state index contributed by atoms with van der Waals surface area (Å²) in [6, 6.07) is 5.27. The summed E-state index contributed by atoms with van der Waals surface area (Å²) in [5, 5.41) is 11.2. The van der Waals surface area contributed by atoms with Crippen molar-refractivity contribution in [1.82, 2.24) is 15.6 Å². The van der Waals surface area contributed by atoms with Gasteiger partial charge in [-0.2, -0.15) is 0 Å². The molecule has 3 N–H and O–H groups in total. The summed E-state index contributed by atoms with van der Waals surface area (Å²) in [7, 11) is 0. The molecule has 0 unspecified atom stereocenters. The molecule has 0 spiro atoms. The van der Waals surface area contributed by atoms with Crippen LogP contribution in [0.25, 0.3) is 11.1 Å². The van der Waals surface area contributed by atoms with Crippen molar-refractivity contribution in [1.29, 1.82) is 0 Å². The topological polar surface area (TPSA) is 105 Å². The number of carbonyl (C=O) groups is 2. The maximum absolute atomic E-state index is 12.3. The van der Waals surface area contributed by atoms with E-state index in [2.05, 4.69) is 36.9 Å². The number of rotatable bonds is 8. The summed E-state index contributed by atoms with van der Waals surface area (Å²) in [6.07, 6.45) is -0.289. The lowest BCUT2D eigenvalue weighted by molar-refractivity contribution is -0.119. The molecule has 0 saturated heterocycles. The van der Waals surface area contributed by atoms with Gasteiger partial charge in [-0.25, -0.2) is 9.78 Å². The van der Waals surface area contributed by atoms with E-state index in [4.69, 9.17) is 20.8 Å². The third-order valence-corrected chi connectivity index (χ3v) is 6.29. The monoisotopic (exact) mass is 556 g/mol. The van der Waals surface area contributed by atoms with Crippen molar-refractivity contribution in [3.63, 3.8) is 0 Å². The van der Waals surface area contributed by atoms with Crippen LogP contribution in [0.3, 0.4) is 0 Å². The number of aromatic nitrogens is 1. The number of pyridine rings is 1. The molecular formula is C22H26BrClN4O4S. The average molecular weight is 558 g/mol. The number of anilines is 1. The molecule has 0 aliphatic rings. The predicted molar refractivity (Wildman–Crippen MR) is 134 cm³/mol. The highest BCUT2D eigenvalue weighted by molar-refractivity contribution is 9.10. The van der Waals surface area contributed by atoms with Gasteiger partial charge >= 0.3 is 6.09 Å². The lowest BCUT2D eigenvalue weighted by Gasteiger charge is -2.23. The minimum Gasteiger partial charge on any atom is -0.456 e. The first kappa shape index (κ1) is 25.3. The summed E-state index contributed by atoms with van der Waals surface area (Å²) in [5.74, 6) is 0.355. The molecule has 2 amide bonds. The summed E-state index contributed by atoms with van der Waals surface area (Å²) in [4.78, 5) is 29.3. The van der Waals surface area contributed by atoms with Gasteiger partial charge in [-0.1, -0.05) is 17.7 Å². The van der Waals surface area contributed by atoms with E-state index in [1.54, 1.807) is 38.2 Å². The first-order chi connectivity index (χ1) is 15.5. The van der Waals surface area contributed by atoms with Crippen molar-refractivity contribution in [2.75, 3.05) is 11.9 Å². The van der Waals surface area contributed by atoms with Crippen molar-refractivity contribution in [2.45, 2.75) is 52.3 Å². The lowest BCUT2D eigenvalue weighted by atomic mass is 10.1. The van der Waals surface area contributed by atoms with Crippen LogP contribution in [-0.2, 0) is 22.5 Å². The number of nitrogens with zero attached hydrogens (tertiary/aromatic N) is 1. The average Bonchev–Trinajstić information content (AvgIpc) is 3.32. The fourth-order valence-electron chi connectivity index (χ4n) is 3.05. The highest BCUT2D eigenvalue weighted by Gasteiger charge is 2.24. The van der Waals surface area contributed by atoms with E-state index in [9.17, 15) is 9.59 Å². The molecule has 3 aromatic rings. The highest BCUT2D eigenvalue weighted by atomic mass is 79.9. The first-order valence-electron chi connectivity index (χ1n) is 10.3. The molecule has 0 saturated carbocycles. The highest BCUT2D eigenvalue weighted by Crippen LogP contribution is 2.36. The van der Waals surface area contributed by atoms with Crippen LogP contribution in [0, 0.1) is 0 Å². The van der Waals surface area contributed by atoms with Gasteiger partial charge in [0.2, 0.25) is 5.91 Å². The number of nitrogens with one attached hydrogen (secondary N) is 3. The quantitative estimate of drug-likeness (QED) is 0.316. The molecule has 0 aliphatic heterocycles. The number of hydrogen-bond acceptors (Lipinski definition) is 7. The van der Waals surface area contributed by atoms with E-state index in [-0.39, 0.29) is 12.5 Å². The fourth-order valence-corrected chi connectivity index (χ4v) is 4.40. The summed E-state index contributed by atoms with van der Waals surface area (Å²) in [6.45, 7) is 7.59.